The van der Waals surface area contributed by atoms with Gasteiger partial charge in [-0.2, -0.15) is 0 Å². The van der Waals surface area contributed by atoms with E-state index in [1.54, 1.807) is 14.2 Å². The van der Waals surface area contributed by atoms with E-state index in [0.717, 1.165) is 16.7 Å². The summed E-state index contributed by atoms with van der Waals surface area (Å²) in [5.74, 6) is 0.986. The molecule has 1 amide bonds. The van der Waals surface area contributed by atoms with Crippen LogP contribution in [0.4, 0.5) is 0 Å². The van der Waals surface area contributed by atoms with Gasteiger partial charge in [0.15, 0.2) is 11.5 Å². The Morgan fingerprint density at radius 1 is 1.12 bits per heavy atom. The van der Waals surface area contributed by atoms with Gasteiger partial charge in [0.2, 0.25) is 5.91 Å². The molecule has 0 unspecified atom stereocenters. The lowest BCUT2D eigenvalue weighted by Crippen LogP contribution is -2.35. The molecule has 2 aromatic rings. The van der Waals surface area contributed by atoms with Gasteiger partial charge in [0.25, 0.3) is 0 Å². The molecular formula is C19H24N2O3. The molecule has 0 bridgehead atoms. The van der Waals surface area contributed by atoms with E-state index in [1.165, 1.54) is 0 Å². The van der Waals surface area contributed by atoms with Crippen molar-refractivity contribution in [2.75, 3.05) is 21.3 Å². The zero-order chi connectivity index (χ0) is 17.7. The van der Waals surface area contributed by atoms with Crippen LogP contribution < -0.4 is 15.2 Å². The van der Waals surface area contributed by atoms with E-state index in [-0.39, 0.29) is 5.91 Å². The Balaban J connectivity index is 2.30. The highest BCUT2D eigenvalue weighted by atomic mass is 16.5. The van der Waals surface area contributed by atoms with Gasteiger partial charge >= 0.3 is 0 Å². The third-order valence-electron chi connectivity index (χ3n) is 4.09. The number of hydrogen-bond donors (Lipinski definition) is 1. The molecule has 0 fully saturated rings. The summed E-state index contributed by atoms with van der Waals surface area (Å²) in [5.41, 5.74) is 8.64. The van der Waals surface area contributed by atoms with Gasteiger partial charge in [0, 0.05) is 6.54 Å². The number of carbonyl (C=O) groups excluding carboxylic acids is 1. The van der Waals surface area contributed by atoms with Gasteiger partial charge in [-0.1, -0.05) is 30.3 Å². The molecule has 2 rings (SSSR count). The minimum absolute atomic E-state index is 0.373. The largest absolute Gasteiger partial charge is 0.493 e. The third kappa shape index (κ3) is 3.86. The SMILES string of the molecule is COc1cc(C)c(CN(C)[C@H](C(N)=O)c2ccccc2)cc1OC. The second kappa shape index (κ2) is 7.84. The Bertz CT molecular complexity index is 701. The van der Waals surface area contributed by atoms with Crippen LogP contribution >= 0.6 is 0 Å². The van der Waals surface area contributed by atoms with E-state index < -0.39 is 6.04 Å². The van der Waals surface area contributed by atoms with Crippen LogP contribution in [0.1, 0.15) is 22.7 Å². The lowest BCUT2D eigenvalue weighted by Gasteiger charge is -2.27. The van der Waals surface area contributed by atoms with Crippen LogP contribution in [-0.4, -0.2) is 32.1 Å². The molecule has 0 saturated carbocycles. The van der Waals surface area contributed by atoms with Gasteiger partial charge in [-0.05, 0) is 42.8 Å². The topological polar surface area (TPSA) is 64.8 Å². The molecular weight excluding hydrogens is 304 g/mol. The minimum Gasteiger partial charge on any atom is -0.493 e. The first-order chi connectivity index (χ1) is 11.5. The number of likely N-dealkylation sites (N-methyl/N-ethyl adjacent to an activating group) is 1. The van der Waals surface area contributed by atoms with Gasteiger partial charge in [-0.15, -0.1) is 0 Å². The number of primary amides is 1. The molecule has 1 atom stereocenters. The van der Waals surface area contributed by atoms with Crippen LogP contribution in [0.3, 0.4) is 0 Å². The molecule has 5 nitrogen and oxygen atoms in total. The molecule has 0 heterocycles. The molecule has 2 aromatic carbocycles. The number of methoxy groups -OCH3 is 2. The van der Waals surface area contributed by atoms with E-state index in [0.29, 0.717) is 18.0 Å². The fraction of sp³-hybridized carbons (Fsp3) is 0.316. The van der Waals surface area contributed by atoms with E-state index in [4.69, 9.17) is 15.2 Å². The summed E-state index contributed by atoms with van der Waals surface area (Å²) in [5, 5.41) is 0. The van der Waals surface area contributed by atoms with E-state index in [2.05, 4.69) is 0 Å². The standard InChI is InChI=1S/C19H24N2O3/c1-13-10-16(23-3)17(24-4)11-15(13)12-21(2)18(19(20)22)14-8-6-5-7-9-14/h5-11,18H,12H2,1-4H3,(H2,20,22)/t18-/m0/s1. The van der Waals surface area contributed by atoms with Crippen LogP contribution in [-0.2, 0) is 11.3 Å². The molecule has 2 N–H and O–H groups in total. The zero-order valence-corrected chi connectivity index (χ0v) is 14.6. The molecule has 128 valence electrons. The second-order valence-corrected chi connectivity index (χ2v) is 5.76. The number of nitrogens with two attached hydrogens (primary N) is 1. The Morgan fingerprint density at radius 3 is 2.25 bits per heavy atom. The summed E-state index contributed by atoms with van der Waals surface area (Å²) in [7, 11) is 5.11. The summed E-state index contributed by atoms with van der Waals surface area (Å²) in [6.07, 6.45) is 0. The number of amides is 1. The molecule has 0 radical (unpaired) electrons. The van der Waals surface area contributed by atoms with Gasteiger partial charge in [-0.25, -0.2) is 0 Å². The molecule has 5 heteroatoms. The lowest BCUT2D eigenvalue weighted by molar-refractivity contribution is -0.123. The Labute approximate surface area is 143 Å². The average Bonchev–Trinajstić information content (AvgIpc) is 2.57. The highest BCUT2D eigenvalue weighted by Gasteiger charge is 2.23. The minimum atomic E-state index is -0.487. The number of aryl methyl sites for hydroxylation is 1. The number of rotatable bonds is 7. The van der Waals surface area contributed by atoms with Gasteiger partial charge in [0.1, 0.15) is 6.04 Å². The van der Waals surface area contributed by atoms with Crippen LogP contribution in [0.25, 0.3) is 0 Å². The Kier molecular flexibility index (Phi) is 5.82. The number of ether oxygens (including phenoxy) is 2. The first-order valence-corrected chi connectivity index (χ1v) is 7.74. The predicted molar refractivity (Wildman–Crippen MR) is 94.1 cm³/mol. The molecule has 0 aliphatic heterocycles. The van der Waals surface area contributed by atoms with Crippen molar-refractivity contribution in [3.8, 4) is 11.5 Å². The van der Waals surface area contributed by atoms with Gasteiger partial charge < -0.3 is 15.2 Å². The summed E-state index contributed by atoms with van der Waals surface area (Å²) in [6.45, 7) is 2.57. The number of carbonyl (C=O) groups is 1. The van der Waals surface area contributed by atoms with Crippen molar-refractivity contribution < 1.29 is 14.3 Å². The van der Waals surface area contributed by atoms with Gasteiger partial charge in [0.05, 0.1) is 14.2 Å². The molecule has 24 heavy (non-hydrogen) atoms. The highest BCUT2D eigenvalue weighted by molar-refractivity contribution is 5.81. The van der Waals surface area contributed by atoms with Gasteiger partial charge in [-0.3, -0.25) is 9.69 Å². The van der Waals surface area contributed by atoms with Crippen LogP contribution in [0.2, 0.25) is 0 Å². The Morgan fingerprint density at radius 2 is 1.71 bits per heavy atom. The fourth-order valence-electron chi connectivity index (χ4n) is 2.82. The summed E-state index contributed by atoms with van der Waals surface area (Å²) < 4.78 is 10.7. The molecule has 0 spiro atoms. The summed E-state index contributed by atoms with van der Waals surface area (Å²) >= 11 is 0. The second-order valence-electron chi connectivity index (χ2n) is 5.76. The number of hydrogen-bond acceptors (Lipinski definition) is 4. The maximum absolute atomic E-state index is 12.0. The first kappa shape index (κ1) is 17.8. The molecule has 0 aliphatic rings. The number of nitrogens with zero attached hydrogens (tertiary/aromatic N) is 1. The zero-order valence-electron chi connectivity index (χ0n) is 14.6. The van der Waals surface area contributed by atoms with Crippen molar-refractivity contribution in [3.63, 3.8) is 0 Å². The summed E-state index contributed by atoms with van der Waals surface area (Å²) in [6, 6.07) is 12.9. The van der Waals surface area contributed by atoms with E-state index in [1.807, 2.05) is 61.3 Å². The maximum atomic E-state index is 12.0. The first-order valence-electron chi connectivity index (χ1n) is 7.74. The van der Waals surface area contributed by atoms with E-state index >= 15 is 0 Å². The fourth-order valence-corrected chi connectivity index (χ4v) is 2.82. The molecule has 0 aromatic heterocycles. The van der Waals surface area contributed by atoms with Crippen LogP contribution in [0.15, 0.2) is 42.5 Å². The van der Waals surface area contributed by atoms with Crippen molar-refractivity contribution in [2.24, 2.45) is 5.73 Å². The van der Waals surface area contributed by atoms with Crippen LogP contribution in [0.5, 0.6) is 11.5 Å². The average molecular weight is 328 g/mol. The van der Waals surface area contributed by atoms with E-state index in [9.17, 15) is 4.79 Å². The highest BCUT2D eigenvalue weighted by Crippen LogP contribution is 2.31. The Hall–Kier alpha value is -2.53. The molecule has 0 aliphatic carbocycles. The van der Waals surface area contributed by atoms with Crippen molar-refractivity contribution in [3.05, 3.63) is 59.2 Å². The van der Waals surface area contributed by atoms with Crippen molar-refractivity contribution in [2.45, 2.75) is 19.5 Å². The monoisotopic (exact) mass is 328 g/mol. The quantitative estimate of drug-likeness (QED) is 0.849. The third-order valence-corrected chi connectivity index (χ3v) is 4.09. The predicted octanol–water partition coefficient (Wildman–Crippen LogP) is 2.67. The molecule has 0 saturated heterocycles. The maximum Gasteiger partial charge on any atom is 0.239 e. The van der Waals surface area contributed by atoms with Crippen molar-refractivity contribution in [1.29, 1.82) is 0 Å². The lowest BCUT2D eigenvalue weighted by atomic mass is 10.0. The van der Waals surface area contributed by atoms with Crippen molar-refractivity contribution in [1.82, 2.24) is 4.90 Å². The number of benzene rings is 2. The normalized spacial score (nSPS) is 12.0. The smallest absolute Gasteiger partial charge is 0.239 e. The summed E-state index contributed by atoms with van der Waals surface area (Å²) in [4.78, 5) is 13.9. The van der Waals surface area contributed by atoms with Crippen molar-refractivity contribution >= 4 is 5.91 Å². The van der Waals surface area contributed by atoms with Crippen LogP contribution in [0, 0.1) is 6.92 Å².